The van der Waals surface area contributed by atoms with Crippen LogP contribution in [0.3, 0.4) is 0 Å². The van der Waals surface area contributed by atoms with Gasteiger partial charge in [0.1, 0.15) is 6.04 Å². The van der Waals surface area contributed by atoms with Crippen LogP contribution in [0.2, 0.25) is 5.02 Å². The van der Waals surface area contributed by atoms with Gasteiger partial charge in [0.05, 0.1) is 0 Å². The Balaban J connectivity index is 1.79. The van der Waals surface area contributed by atoms with E-state index in [0.717, 1.165) is 22.2 Å². The molecule has 4 rings (SSSR count). The van der Waals surface area contributed by atoms with Gasteiger partial charge in [-0.3, -0.25) is 4.79 Å². The van der Waals surface area contributed by atoms with Gasteiger partial charge in [0, 0.05) is 33.4 Å². The molecule has 1 aliphatic heterocycles. The van der Waals surface area contributed by atoms with Crippen LogP contribution in [0.1, 0.15) is 11.6 Å². The maximum Gasteiger partial charge on any atom is 0.197 e. The number of H-pyrrole nitrogens is 1. The predicted molar refractivity (Wildman–Crippen MR) is 89.6 cm³/mol. The highest BCUT2D eigenvalue weighted by atomic mass is 35.5. The molecule has 2 atom stereocenters. The van der Waals surface area contributed by atoms with Crippen LogP contribution in [-0.4, -0.2) is 16.3 Å². The van der Waals surface area contributed by atoms with E-state index in [4.69, 9.17) is 23.2 Å². The summed E-state index contributed by atoms with van der Waals surface area (Å²) in [4.78, 5) is 17.5. The number of nitrogens with zero attached hydrogens (tertiary/aromatic N) is 1. The van der Waals surface area contributed by atoms with Gasteiger partial charge in [-0.1, -0.05) is 41.4 Å². The van der Waals surface area contributed by atoms with Gasteiger partial charge < -0.3 is 9.88 Å². The van der Waals surface area contributed by atoms with Crippen molar-refractivity contribution in [2.75, 3.05) is 4.90 Å². The molecule has 0 bridgehead atoms. The minimum atomic E-state index is -0.639. The molecule has 0 spiro atoms. The minimum absolute atomic E-state index is 0.0152. The molecule has 0 radical (unpaired) electrons. The first-order valence-electron chi connectivity index (χ1n) is 6.94. The predicted octanol–water partition coefficient (Wildman–Crippen LogP) is 4.52. The van der Waals surface area contributed by atoms with Crippen molar-refractivity contribution in [1.29, 1.82) is 0 Å². The summed E-state index contributed by atoms with van der Waals surface area (Å²) in [5.74, 6) is 0.0152. The number of para-hydroxylation sites is 1. The van der Waals surface area contributed by atoms with Gasteiger partial charge in [0.25, 0.3) is 0 Å². The molecule has 0 amide bonds. The third-order valence-electron chi connectivity index (χ3n) is 4.07. The first-order valence-corrected chi connectivity index (χ1v) is 7.76. The fourth-order valence-corrected chi connectivity index (χ4v) is 3.44. The zero-order chi connectivity index (χ0) is 15.3. The zero-order valence-electron chi connectivity index (χ0n) is 11.5. The molecule has 0 unspecified atom stereocenters. The smallest absolute Gasteiger partial charge is 0.197 e. The standard InChI is InChI=1S/C17H12Cl2N2O/c18-10-5-7-11(8-6-10)21-15(16(22)17(21)19)13-9-20-14-4-2-1-3-12(13)14/h1-9,15,17,20H/t15-,17+/m0/s1. The van der Waals surface area contributed by atoms with Crippen molar-refractivity contribution in [3.8, 4) is 0 Å². The molecule has 1 aromatic heterocycles. The van der Waals surface area contributed by atoms with Crippen molar-refractivity contribution in [2.45, 2.75) is 11.5 Å². The molecule has 5 heteroatoms. The summed E-state index contributed by atoms with van der Waals surface area (Å²) in [6.45, 7) is 0. The first kappa shape index (κ1) is 13.7. The number of hydrogen-bond donors (Lipinski definition) is 1. The third-order valence-corrected chi connectivity index (χ3v) is 4.74. The lowest BCUT2D eigenvalue weighted by Crippen LogP contribution is -2.56. The average molecular weight is 331 g/mol. The molecular formula is C17H12Cl2N2O. The maximum absolute atomic E-state index is 12.3. The molecular weight excluding hydrogens is 319 g/mol. The van der Waals surface area contributed by atoms with E-state index < -0.39 is 5.50 Å². The number of fused-ring (bicyclic) bond motifs is 1. The Hall–Kier alpha value is -1.97. The largest absolute Gasteiger partial charge is 0.361 e. The van der Waals surface area contributed by atoms with Gasteiger partial charge in [-0.05, 0) is 30.3 Å². The number of rotatable bonds is 2. The van der Waals surface area contributed by atoms with Crippen molar-refractivity contribution in [2.24, 2.45) is 0 Å². The second kappa shape index (κ2) is 5.04. The summed E-state index contributed by atoms with van der Waals surface area (Å²) in [5, 5.41) is 1.70. The summed E-state index contributed by atoms with van der Waals surface area (Å²) >= 11 is 12.2. The number of Topliss-reactive ketones (excluding diaryl/α,β-unsaturated/α-hetero) is 1. The van der Waals surface area contributed by atoms with Gasteiger partial charge in [-0.2, -0.15) is 0 Å². The van der Waals surface area contributed by atoms with Crippen LogP contribution in [0.4, 0.5) is 5.69 Å². The highest BCUT2D eigenvalue weighted by molar-refractivity contribution is 6.37. The number of anilines is 1. The second-order valence-corrected chi connectivity index (χ2v) is 6.16. The molecule has 3 nitrogen and oxygen atoms in total. The number of carbonyl (C=O) groups excluding carboxylic acids is 1. The number of nitrogens with one attached hydrogen (secondary N) is 1. The molecule has 1 saturated heterocycles. The van der Waals surface area contributed by atoms with Gasteiger partial charge in [0.15, 0.2) is 11.3 Å². The van der Waals surface area contributed by atoms with E-state index in [1.807, 2.05) is 47.5 Å². The van der Waals surface area contributed by atoms with Crippen LogP contribution < -0.4 is 4.90 Å². The summed E-state index contributed by atoms with van der Waals surface area (Å²) in [6, 6.07) is 14.9. The summed E-state index contributed by atoms with van der Waals surface area (Å²) in [7, 11) is 0. The lowest BCUT2D eigenvalue weighted by Gasteiger charge is -2.45. The lowest BCUT2D eigenvalue weighted by atomic mass is 9.92. The fourth-order valence-electron chi connectivity index (χ4n) is 2.97. The van der Waals surface area contributed by atoms with Crippen molar-refractivity contribution in [1.82, 2.24) is 4.98 Å². The molecule has 2 heterocycles. The fraction of sp³-hybridized carbons (Fsp3) is 0.118. The van der Waals surface area contributed by atoms with Crippen LogP contribution in [0.25, 0.3) is 10.9 Å². The van der Waals surface area contributed by atoms with Crippen LogP contribution in [0.5, 0.6) is 0 Å². The van der Waals surface area contributed by atoms with Crippen LogP contribution in [-0.2, 0) is 4.79 Å². The number of benzene rings is 2. The van der Waals surface area contributed by atoms with Crippen molar-refractivity contribution < 1.29 is 4.79 Å². The van der Waals surface area contributed by atoms with Crippen LogP contribution in [0, 0.1) is 0 Å². The topological polar surface area (TPSA) is 36.1 Å². The number of aromatic amines is 1. The average Bonchev–Trinajstić information content (AvgIpc) is 2.96. The van der Waals surface area contributed by atoms with E-state index in [1.165, 1.54) is 0 Å². The van der Waals surface area contributed by atoms with Gasteiger partial charge in [-0.25, -0.2) is 0 Å². The van der Waals surface area contributed by atoms with Crippen molar-refractivity contribution in [3.05, 3.63) is 65.3 Å². The summed E-state index contributed by atoms with van der Waals surface area (Å²) in [6.07, 6.45) is 1.89. The molecule has 1 aliphatic rings. The number of aromatic nitrogens is 1. The lowest BCUT2D eigenvalue weighted by molar-refractivity contribution is -0.124. The van der Waals surface area contributed by atoms with Crippen LogP contribution in [0.15, 0.2) is 54.7 Å². The first-order chi connectivity index (χ1) is 10.7. The Kier molecular flexibility index (Phi) is 3.13. The second-order valence-electron chi connectivity index (χ2n) is 5.31. The molecule has 0 saturated carbocycles. The Bertz CT molecular complexity index is 856. The minimum Gasteiger partial charge on any atom is -0.361 e. The SMILES string of the molecule is O=C1[C@H](c2c[nH]c3ccccc23)N(c2ccc(Cl)cc2)[C@H]1Cl. The monoisotopic (exact) mass is 330 g/mol. The zero-order valence-corrected chi connectivity index (χ0v) is 13.0. The van der Waals surface area contributed by atoms with Gasteiger partial charge in [-0.15, -0.1) is 0 Å². The normalized spacial score (nSPS) is 21.2. The molecule has 0 aliphatic carbocycles. The Morgan fingerprint density at radius 2 is 1.77 bits per heavy atom. The van der Waals surface area contributed by atoms with Crippen LogP contribution >= 0.6 is 23.2 Å². The van der Waals surface area contributed by atoms with E-state index >= 15 is 0 Å². The number of alkyl halides is 1. The highest BCUT2D eigenvalue weighted by Crippen LogP contribution is 2.43. The van der Waals surface area contributed by atoms with E-state index in [-0.39, 0.29) is 11.8 Å². The molecule has 1 N–H and O–H groups in total. The van der Waals surface area contributed by atoms with Crippen molar-refractivity contribution >= 4 is 45.6 Å². The maximum atomic E-state index is 12.3. The van der Waals surface area contributed by atoms with Crippen molar-refractivity contribution in [3.63, 3.8) is 0 Å². The van der Waals surface area contributed by atoms with Gasteiger partial charge in [0.2, 0.25) is 0 Å². The highest BCUT2D eigenvalue weighted by Gasteiger charge is 2.48. The number of hydrogen-bond acceptors (Lipinski definition) is 2. The number of ketones is 1. The number of carbonyl (C=O) groups is 1. The third kappa shape index (κ3) is 1.93. The van der Waals surface area contributed by atoms with E-state index in [2.05, 4.69) is 4.98 Å². The number of halogens is 2. The molecule has 110 valence electrons. The van der Waals surface area contributed by atoms with Gasteiger partial charge >= 0.3 is 0 Å². The van der Waals surface area contributed by atoms with E-state index in [0.29, 0.717) is 5.02 Å². The Morgan fingerprint density at radius 1 is 1.05 bits per heavy atom. The quantitative estimate of drug-likeness (QED) is 0.554. The Labute approximate surface area is 137 Å². The molecule has 3 aromatic rings. The van der Waals surface area contributed by atoms with E-state index in [9.17, 15) is 4.79 Å². The molecule has 1 fully saturated rings. The summed E-state index contributed by atoms with van der Waals surface area (Å²) < 4.78 is 0. The molecule has 22 heavy (non-hydrogen) atoms. The molecule has 2 aromatic carbocycles. The van der Waals surface area contributed by atoms with E-state index in [1.54, 1.807) is 12.1 Å². The summed E-state index contributed by atoms with van der Waals surface area (Å²) in [5.41, 5.74) is 2.21. The Morgan fingerprint density at radius 3 is 2.55 bits per heavy atom.